The Kier molecular flexibility index (Phi) is 5.34. The van der Waals surface area contributed by atoms with Gasteiger partial charge in [-0.2, -0.15) is 0 Å². The van der Waals surface area contributed by atoms with Crippen LogP contribution >= 0.6 is 0 Å². The molecule has 2 saturated heterocycles. The molecule has 5 rings (SSSR count). The van der Waals surface area contributed by atoms with Gasteiger partial charge in [0, 0.05) is 32.0 Å². The van der Waals surface area contributed by atoms with Crippen molar-refractivity contribution < 1.29 is 14.6 Å². The summed E-state index contributed by atoms with van der Waals surface area (Å²) in [5.41, 5.74) is 3.52. The molecule has 166 valence electrons. The molecule has 0 radical (unpaired) electrons. The molecular weight excluding hydrogens is 386 g/mol. The van der Waals surface area contributed by atoms with Crippen molar-refractivity contribution in [2.75, 3.05) is 19.6 Å². The number of carbonyl (C=O) groups excluding carboxylic acids is 1. The molecule has 4 aliphatic rings. The number of allylic oxidation sites excluding steroid dienone is 3. The van der Waals surface area contributed by atoms with E-state index in [0.29, 0.717) is 6.42 Å². The van der Waals surface area contributed by atoms with E-state index in [9.17, 15) is 9.90 Å². The first-order chi connectivity index (χ1) is 14.9. The van der Waals surface area contributed by atoms with Crippen LogP contribution in [0.3, 0.4) is 0 Å². The first kappa shape index (κ1) is 21.0. The first-order valence-corrected chi connectivity index (χ1v) is 11.9. The molecular formula is C27H35NO3. The SMILES string of the molecule is CC1=CCC[C@@]2(C)C[C@H]3OC(=O)[C@@H](CN4CCC(O)(Cc5ccccc5)CC4)[C@@H]3C=C12. The van der Waals surface area contributed by atoms with Crippen molar-refractivity contribution in [2.45, 2.75) is 64.1 Å². The van der Waals surface area contributed by atoms with Crippen LogP contribution in [0, 0.1) is 17.3 Å². The van der Waals surface area contributed by atoms with E-state index in [1.165, 1.54) is 16.7 Å². The van der Waals surface area contributed by atoms with Crippen molar-refractivity contribution in [1.82, 2.24) is 4.90 Å². The fourth-order valence-corrected chi connectivity index (χ4v) is 6.42. The molecule has 4 nitrogen and oxygen atoms in total. The topological polar surface area (TPSA) is 49.8 Å². The minimum atomic E-state index is -0.644. The summed E-state index contributed by atoms with van der Waals surface area (Å²) in [5.74, 6) is 0.0695. The number of likely N-dealkylation sites (tertiary alicyclic amines) is 1. The second-order valence-electron chi connectivity index (χ2n) is 10.6. The Hall–Kier alpha value is -1.91. The maximum Gasteiger partial charge on any atom is 0.311 e. The molecule has 1 aromatic carbocycles. The van der Waals surface area contributed by atoms with E-state index in [4.69, 9.17) is 4.74 Å². The van der Waals surface area contributed by atoms with Gasteiger partial charge in [-0.25, -0.2) is 0 Å². The molecule has 0 amide bonds. The highest BCUT2D eigenvalue weighted by atomic mass is 16.6. The minimum absolute atomic E-state index is 0.0250. The van der Waals surface area contributed by atoms with Crippen LogP contribution < -0.4 is 0 Å². The first-order valence-electron chi connectivity index (χ1n) is 11.9. The average molecular weight is 422 g/mol. The monoisotopic (exact) mass is 421 g/mol. The Morgan fingerprint density at radius 3 is 2.65 bits per heavy atom. The smallest absolute Gasteiger partial charge is 0.311 e. The van der Waals surface area contributed by atoms with Crippen molar-refractivity contribution in [2.24, 2.45) is 17.3 Å². The summed E-state index contributed by atoms with van der Waals surface area (Å²) in [6.07, 6.45) is 10.2. The molecule has 31 heavy (non-hydrogen) atoms. The quantitative estimate of drug-likeness (QED) is 0.737. The molecule has 4 heteroatoms. The molecule has 4 atom stereocenters. The van der Waals surface area contributed by atoms with Crippen LogP contribution in [0.2, 0.25) is 0 Å². The summed E-state index contributed by atoms with van der Waals surface area (Å²) in [4.78, 5) is 15.2. The maximum atomic E-state index is 12.8. The van der Waals surface area contributed by atoms with Gasteiger partial charge >= 0.3 is 5.97 Å². The molecule has 0 spiro atoms. The third kappa shape index (κ3) is 4.01. The van der Waals surface area contributed by atoms with Gasteiger partial charge in [0.1, 0.15) is 6.10 Å². The van der Waals surface area contributed by atoms with E-state index in [0.717, 1.165) is 51.7 Å². The molecule has 2 fully saturated rings. The Labute approximate surface area is 186 Å². The van der Waals surface area contributed by atoms with Gasteiger partial charge in [0.2, 0.25) is 0 Å². The Bertz CT molecular complexity index is 896. The van der Waals surface area contributed by atoms with Crippen LogP contribution in [-0.2, 0) is 16.0 Å². The van der Waals surface area contributed by atoms with E-state index in [2.05, 4.69) is 43.0 Å². The Balaban J connectivity index is 1.25. The lowest BCUT2D eigenvalue weighted by atomic mass is 9.62. The van der Waals surface area contributed by atoms with Crippen molar-refractivity contribution in [3.05, 3.63) is 59.2 Å². The highest BCUT2D eigenvalue weighted by Gasteiger charge is 2.51. The third-order valence-electron chi connectivity index (χ3n) is 8.31. The van der Waals surface area contributed by atoms with Gasteiger partial charge in [-0.15, -0.1) is 0 Å². The summed E-state index contributed by atoms with van der Waals surface area (Å²) >= 11 is 0. The fraction of sp³-hybridized carbons (Fsp3) is 0.593. The highest BCUT2D eigenvalue weighted by Crippen LogP contribution is 2.52. The summed E-state index contributed by atoms with van der Waals surface area (Å²) in [5, 5.41) is 11.1. The maximum absolute atomic E-state index is 12.8. The number of piperidine rings is 1. The van der Waals surface area contributed by atoms with Crippen LogP contribution in [0.25, 0.3) is 0 Å². The highest BCUT2D eigenvalue weighted by molar-refractivity contribution is 5.76. The van der Waals surface area contributed by atoms with E-state index < -0.39 is 5.60 Å². The molecule has 0 unspecified atom stereocenters. The van der Waals surface area contributed by atoms with Gasteiger partial charge in [-0.3, -0.25) is 4.79 Å². The second-order valence-corrected chi connectivity index (χ2v) is 10.6. The van der Waals surface area contributed by atoms with Gasteiger partial charge in [-0.05, 0) is 55.6 Å². The molecule has 2 aliphatic heterocycles. The standard InChI is InChI=1S/C27H35NO3/c1-19-7-6-10-26(2)17-24-21(15-23(19)26)22(25(29)31-24)18-28-13-11-27(30,12-14-28)16-20-8-4-3-5-9-20/h3-5,7-9,15,21-22,24,30H,6,10-14,16-18H2,1-2H3/t21-,22-,24+,26-/m0/s1. The number of ether oxygens (including phenoxy) is 1. The fourth-order valence-electron chi connectivity index (χ4n) is 6.42. The lowest BCUT2D eigenvalue weighted by Crippen LogP contribution is -2.48. The predicted octanol–water partition coefficient (Wildman–Crippen LogP) is 4.29. The lowest BCUT2D eigenvalue weighted by Gasteiger charge is -2.43. The molecule has 0 aromatic heterocycles. The number of carbonyl (C=O) groups is 1. The van der Waals surface area contributed by atoms with Gasteiger partial charge in [-0.1, -0.05) is 55.0 Å². The predicted molar refractivity (Wildman–Crippen MR) is 121 cm³/mol. The lowest BCUT2D eigenvalue weighted by molar-refractivity contribution is -0.145. The normalized spacial score (nSPS) is 34.9. The van der Waals surface area contributed by atoms with Gasteiger partial charge in [0.25, 0.3) is 0 Å². The second kappa shape index (κ2) is 7.90. The van der Waals surface area contributed by atoms with Gasteiger partial charge in [0.05, 0.1) is 11.5 Å². The van der Waals surface area contributed by atoms with Gasteiger partial charge in [0.15, 0.2) is 0 Å². The Morgan fingerprint density at radius 1 is 1.16 bits per heavy atom. The van der Waals surface area contributed by atoms with Crippen LogP contribution in [0.15, 0.2) is 53.6 Å². The van der Waals surface area contributed by atoms with E-state index in [-0.39, 0.29) is 29.3 Å². The zero-order valence-electron chi connectivity index (χ0n) is 18.8. The third-order valence-corrected chi connectivity index (χ3v) is 8.31. The molecule has 1 N–H and O–H groups in total. The van der Waals surface area contributed by atoms with Crippen LogP contribution in [-0.4, -0.2) is 47.3 Å². The minimum Gasteiger partial charge on any atom is -0.461 e. The zero-order chi connectivity index (χ0) is 21.6. The summed E-state index contributed by atoms with van der Waals surface area (Å²) < 4.78 is 5.91. The van der Waals surface area contributed by atoms with Crippen molar-refractivity contribution in [3.63, 3.8) is 0 Å². The van der Waals surface area contributed by atoms with E-state index in [1.54, 1.807) is 0 Å². The molecule has 0 saturated carbocycles. The van der Waals surface area contributed by atoms with Crippen LogP contribution in [0.1, 0.15) is 51.5 Å². The van der Waals surface area contributed by atoms with Gasteiger partial charge < -0.3 is 14.7 Å². The number of nitrogens with zero attached hydrogens (tertiary/aromatic N) is 1. The molecule has 0 bridgehead atoms. The van der Waals surface area contributed by atoms with E-state index in [1.807, 2.05) is 18.2 Å². The summed E-state index contributed by atoms with van der Waals surface area (Å²) in [6.45, 7) is 6.96. The largest absolute Gasteiger partial charge is 0.461 e. The number of rotatable bonds is 4. The van der Waals surface area contributed by atoms with Crippen LogP contribution in [0.5, 0.6) is 0 Å². The van der Waals surface area contributed by atoms with E-state index >= 15 is 0 Å². The zero-order valence-corrected chi connectivity index (χ0v) is 18.8. The number of aliphatic hydroxyl groups is 1. The van der Waals surface area contributed by atoms with Crippen molar-refractivity contribution >= 4 is 5.97 Å². The molecule has 1 aromatic rings. The summed E-state index contributed by atoms with van der Waals surface area (Å²) in [7, 11) is 0. The summed E-state index contributed by atoms with van der Waals surface area (Å²) in [6, 6.07) is 10.2. The Morgan fingerprint density at radius 2 is 1.90 bits per heavy atom. The number of hydrogen-bond acceptors (Lipinski definition) is 4. The molecule has 2 heterocycles. The van der Waals surface area contributed by atoms with Crippen LogP contribution in [0.4, 0.5) is 0 Å². The number of esters is 1. The molecule has 2 aliphatic carbocycles. The number of hydrogen-bond donors (Lipinski definition) is 1. The number of benzene rings is 1. The average Bonchev–Trinajstić information content (AvgIpc) is 3.02. The van der Waals surface area contributed by atoms with Crippen molar-refractivity contribution in [1.29, 1.82) is 0 Å². The number of fused-ring (bicyclic) bond motifs is 2. The van der Waals surface area contributed by atoms with Crippen molar-refractivity contribution in [3.8, 4) is 0 Å².